The summed E-state index contributed by atoms with van der Waals surface area (Å²) < 4.78 is 14.3. The zero-order chi connectivity index (χ0) is 18.8. The molecule has 1 aliphatic rings. The molecular formula is C19H18ClFN2O2S. The minimum atomic E-state index is -0.654. The van der Waals surface area contributed by atoms with Crippen molar-refractivity contribution in [1.29, 1.82) is 0 Å². The highest BCUT2D eigenvalue weighted by molar-refractivity contribution is 8.00. The third-order valence-corrected chi connectivity index (χ3v) is 5.44. The lowest BCUT2D eigenvalue weighted by molar-refractivity contribution is -0.116. The summed E-state index contributed by atoms with van der Waals surface area (Å²) in [6.45, 7) is 3.45. The summed E-state index contributed by atoms with van der Waals surface area (Å²) in [6.07, 6.45) is 0. The van der Waals surface area contributed by atoms with Gasteiger partial charge in [-0.1, -0.05) is 18.2 Å². The lowest BCUT2D eigenvalue weighted by atomic mass is 10.1. The van der Waals surface area contributed by atoms with E-state index >= 15 is 0 Å². The number of thioether (sulfide) groups is 1. The number of rotatable bonds is 4. The fourth-order valence-corrected chi connectivity index (χ4v) is 3.96. The third kappa shape index (κ3) is 3.86. The number of amides is 2. The van der Waals surface area contributed by atoms with E-state index in [1.54, 1.807) is 37.3 Å². The zero-order valence-electron chi connectivity index (χ0n) is 14.3. The molecule has 1 aliphatic heterocycles. The van der Waals surface area contributed by atoms with E-state index in [0.29, 0.717) is 5.69 Å². The Morgan fingerprint density at radius 3 is 2.85 bits per heavy atom. The van der Waals surface area contributed by atoms with Gasteiger partial charge in [-0.15, -0.1) is 23.4 Å². The molecular weight excluding hydrogens is 375 g/mol. The summed E-state index contributed by atoms with van der Waals surface area (Å²) in [6, 6.07) is 11.9. The molecule has 0 aliphatic carbocycles. The van der Waals surface area contributed by atoms with Crippen LogP contribution in [0.15, 0.2) is 42.5 Å². The van der Waals surface area contributed by atoms with Gasteiger partial charge < -0.3 is 5.32 Å². The van der Waals surface area contributed by atoms with Crippen molar-refractivity contribution < 1.29 is 14.0 Å². The summed E-state index contributed by atoms with van der Waals surface area (Å²) in [5, 5.41) is 1.72. The van der Waals surface area contributed by atoms with Gasteiger partial charge in [0, 0.05) is 5.69 Å². The van der Waals surface area contributed by atoms with Crippen LogP contribution in [0.4, 0.5) is 15.8 Å². The van der Waals surface area contributed by atoms with Crippen LogP contribution in [0.2, 0.25) is 0 Å². The minimum absolute atomic E-state index is 0.145. The topological polar surface area (TPSA) is 49.4 Å². The Kier molecular flexibility index (Phi) is 5.53. The number of hydrogen-bond acceptors (Lipinski definition) is 3. The number of nitrogens with one attached hydrogen (secondary N) is 1. The maximum atomic E-state index is 14.3. The van der Waals surface area contributed by atoms with E-state index in [9.17, 15) is 14.0 Å². The quantitative estimate of drug-likeness (QED) is 0.780. The number of hydrogen-bond donors (Lipinski definition) is 1. The predicted octanol–water partition coefficient (Wildman–Crippen LogP) is 4.48. The third-order valence-electron chi connectivity index (χ3n) is 4.03. The van der Waals surface area contributed by atoms with Gasteiger partial charge in [0.1, 0.15) is 16.6 Å². The fourth-order valence-electron chi connectivity index (χ4n) is 2.75. The van der Waals surface area contributed by atoms with Gasteiger partial charge in [0.2, 0.25) is 11.8 Å². The highest BCUT2D eigenvalue weighted by Crippen LogP contribution is 2.43. The predicted molar refractivity (Wildman–Crippen MR) is 104 cm³/mol. The van der Waals surface area contributed by atoms with Crippen molar-refractivity contribution in [2.75, 3.05) is 16.0 Å². The van der Waals surface area contributed by atoms with Crippen molar-refractivity contribution in [2.45, 2.75) is 24.6 Å². The number of carbonyl (C=O) groups excluding carboxylic acids is 2. The Morgan fingerprint density at radius 2 is 2.12 bits per heavy atom. The second kappa shape index (κ2) is 7.68. The first-order valence-corrected chi connectivity index (χ1v) is 9.60. The molecule has 2 atom stereocenters. The fraction of sp³-hybridized carbons (Fsp3) is 0.263. The van der Waals surface area contributed by atoms with Gasteiger partial charge in [-0.25, -0.2) is 4.39 Å². The average molecular weight is 393 g/mol. The average Bonchev–Trinajstić information content (AvgIpc) is 2.98. The number of halogens is 2. The van der Waals surface area contributed by atoms with Crippen LogP contribution >= 0.6 is 23.4 Å². The van der Waals surface area contributed by atoms with Crippen LogP contribution < -0.4 is 10.2 Å². The normalized spacial score (nSPS) is 18.1. The summed E-state index contributed by atoms with van der Waals surface area (Å²) >= 11 is 7.21. The standard InChI is InChI=1S/C19H18ClFN2O2S/c1-11-6-7-15(21)16(8-11)23-17(24)10-26-19(23)13-4-3-5-14(9-13)22-18(25)12(2)20/h3-9,12,19H,10H2,1-2H3,(H,22,25). The molecule has 1 N–H and O–H groups in total. The summed E-state index contributed by atoms with van der Waals surface area (Å²) in [5.41, 5.74) is 2.54. The molecule has 0 aromatic heterocycles. The van der Waals surface area contributed by atoms with Gasteiger partial charge in [-0.3, -0.25) is 14.5 Å². The van der Waals surface area contributed by atoms with Crippen LogP contribution in [0.3, 0.4) is 0 Å². The maximum Gasteiger partial charge on any atom is 0.242 e. The van der Waals surface area contributed by atoms with Crippen LogP contribution in [0, 0.1) is 12.7 Å². The molecule has 0 saturated carbocycles. The number of aryl methyl sites for hydroxylation is 1. The maximum absolute atomic E-state index is 14.3. The monoisotopic (exact) mass is 392 g/mol. The van der Waals surface area contributed by atoms with E-state index in [1.165, 1.54) is 22.7 Å². The van der Waals surface area contributed by atoms with Crippen molar-refractivity contribution in [3.05, 3.63) is 59.4 Å². The second-order valence-electron chi connectivity index (χ2n) is 6.11. The number of alkyl halides is 1. The summed E-state index contributed by atoms with van der Waals surface area (Å²) in [4.78, 5) is 25.7. The lowest BCUT2D eigenvalue weighted by Crippen LogP contribution is -2.29. The molecule has 2 aromatic carbocycles. The van der Waals surface area contributed by atoms with Gasteiger partial charge in [-0.05, 0) is 49.2 Å². The minimum Gasteiger partial charge on any atom is -0.325 e. The Bertz CT molecular complexity index is 859. The molecule has 2 amide bonds. The molecule has 0 spiro atoms. The molecule has 7 heteroatoms. The van der Waals surface area contributed by atoms with E-state index in [-0.39, 0.29) is 28.6 Å². The Morgan fingerprint density at radius 1 is 1.35 bits per heavy atom. The number of carbonyl (C=O) groups is 2. The molecule has 3 rings (SSSR count). The molecule has 0 radical (unpaired) electrons. The molecule has 0 bridgehead atoms. The highest BCUT2D eigenvalue weighted by atomic mass is 35.5. The molecule has 2 unspecified atom stereocenters. The van der Waals surface area contributed by atoms with Crippen molar-refractivity contribution >= 4 is 46.6 Å². The van der Waals surface area contributed by atoms with E-state index in [2.05, 4.69) is 5.32 Å². The highest BCUT2D eigenvalue weighted by Gasteiger charge is 2.35. The molecule has 26 heavy (non-hydrogen) atoms. The smallest absolute Gasteiger partial charge is 0.242 e. The number of anilines is 2. The van der Waals surface area contributed by atoms with Crippen LogP contribution in [-0.4, -0.2) is 22.9 Å². The van der Waals surface area contributed by atoms with E-state index < -0.39 is 11.2 Å². The first-order chi connectivity index (χ1) is 12.4. The van der Waals surface area contributed by atoms with Crippen LogP contribution in [-0.2, 0) is 9.59 Å². The van der Waals surface area contributed by atoms with Crippen molar-refractivity contribution in [3.63, 3.8) is 0 Å². The lowest BCUT2D eigenvalue weighted by Gasteiger charge is -2.25. The SMILES string of the molecule is Cc1ccc(F)c(N2C(=O)CSC2c2cccc(NC(=O)C(C)Cl)c2)c1. The molecule has 1 saturated heterocycles. The molecule has 136 valence electrons. The van der Waals surface area contributed by atoms with Crippen molar-refractivity contribution in [3.8, 4) is 0 Å². The second-order valence-corrected chi connectivity index (χ2v) is 7.84. The van der Waals surface area contributed by atoms with Crippen molar-refractivity contribution in [1.82, 2.24) is 0 Å². The van der Waals surface area contributed by atoms with Crippen molar-refractivity contribution in [2.24, 2.45) is 0 Å². The summed E-state index contributed by atoms with van der Waals surface area (Å²) in [7, 11) is 0. The van der Waals surface area contributed by atoms with E-state index in [1.807, 2.05) is 13.0 Å². The molecule has 1 fully saturated rings. The van der Waals surface area contributed by atoms with E-state index in [0.717, 1.165) is 11.1 Å². The summed E-state index contributed by atoms with van der Waals surface area (Å²) in [5.74, 6) is -0.612. The Hall–Kier alpha value is -2.05. The van der Waals surface area contributed by atoms with Crippen LogP contribution in [0.25, 0.3) is 0 Å². The van der Waals surface area contributed by atoms with Gasteiger partial charge in [0.15, 0.2) is 0 Å². The molecule has 4 nitrogen and oxygen atoms in total. The Balaban J connectivity index is 1.94. The van der Waals surface area contributed by atoms with Gasteiger partial charge >= 0.3 is 0 Å². The number of nitrogens with zero attached hydrogens (tertiary/aromatic N) is 1. The zero-order valence-corrected chi connectivity index (χ0v) is 15.9. The largest absolute Gasteiger partial charge is 0.325 e. The molecule has 2 aromatic rings. The number of benzene rings is 2. The van der Waals surface area contributed by atoms with Crippen LogP contribution in [0.1, 0.15) is 23.4 Å². The first-order valence-electron chi connectivity index (χ1n) is 8.11. The van der Waals surface area contributed by atoms with Gasteiger partial charge in [-0.2, -0.15) is 0 Å². The Labute approximate surface area is 160 Å². The van der Waals surface area contributed by atoms with Gasteiger partial charge in [0.05, 0.1) is 11.4 Å². The van der Waals surface area contributed by atoms with Crippen LogP contribution in [0.5, 0.6) is 0 Å². The van der Waals surface area contributed by atoms with E-state index in [4.69, 9.17) is 11.6 Å². The van der Waals surface area contributed by atoms with Gasteiger partial charge in [0.25, 0.3) is 0 Å². The first kappa shape index (κ1) is 18.7. The molecule has 1 heterocycles.